The van der Waals surface area contributed by atoms with E-state index in [1.807, 2.05) is 6.07 Å². The van der Waals surface area contributed by atoms with Crippen LogP contribution in [0.4, 0.5) is 5.13 Å². The van der Waals surface area contributed by atoms with Crippen LogP contribution >= 0.6 is 11.3 Å². The third-order valence-corrected chi connectivity index (χ3v) is 4.76. The van der Waals surface area contributed by atoms with Gasteiger partial charge >= 0.3 is 5.63 Å². The van der Waals surface area contributed by atoms with Crippen LogP contribution in [0.5, 0.6) is 5.75 Å². The molecule has 4 aromatic rings. The van der Waals surface area contributed by atoms with E-state index in [2.05, 4.69) is 15.8 Å². The van der Waals surface area contributed by atoms with Crippen molar-refractivity contribution >= 4 is 33.3 Å². The molecule has 0 aliphatic heterocycles. The summed E-state index contributed by atoms with van der Waals surface area (Å²) in [6.07, 6.45) is 1.53. The third-order valence-electron chi connectivity index (χ3n) is 3.81. The summed E-state index contributed by atoms with van der Waals surface area (Å²) >= 11 is 1.20. The van der Waals surface area contributed by atoms with Crippen LogP contribution in [0.15, 0.2) is 70.0 Å². The number of amides is 1. The molecule has 2 heterocycles. The van der Waals surface area contributed by atoms with Crippen LogP contribution in [0.1, 0.15) is 10.4 Å². The van der Waals surface area contributed by atoms with E-state index in [-0.39, 0.29) is 11.7 Å². The van der Waals surface area contributed by atoms with Crippen LogP contribution in [-0.4, -0.2) is 16.0 Å². The van der Waals surface area contributed by atoms with Gasteiger partial charge in [-0.2, -0.15) is 0 Å². The number of aromatic nitrogens is 1. The van der Waals surface area contributed by atoms with Gasteiger partial charge in [-0.1, -0.05) is 29.5 Å². The lowest BCUT2D eigenvalue weighted by molar-refractivity contribution is 0.0962. The van der Waals surface area contributed by atoms with Crippen LogP contribution in [0, 0.1) is 0 Å². The Morgan fingerprint density at radius 1 is 1.11 bits per heavy atom. The third kappa shape index (κ3) is 3.51. The topological polar surface area (TPSA) is 104 Å². The molecule has 0 spiro atoms. The van der Waals surface area contributed by atoms with Gasteiger partial charge in [-0.25, -0.2) is 9.78 Å². The smallest absolute Gasteiger partial charge is 0.345 e. The van der Waals surface area contributed by atoms with E-state index < -0.39 is 5.63 Å². The molecule has 0 radical (unpaired) electrons. The van der Waals surface area contributed by atoms with Crippen molar-refractivity contribution in [1.29, 1.82) is 0 Å². The number of rotatable bonds is 4. The molecule has 27 heavy (non-hydrogen) atoms. The van der Waals surface area contributed by atoms with Gasteiger partial charge in [-0.3, -0.25) is 15.6 Å². The summed E-state index contributed by atoms with van der Waals surface area (Å²) in [6, 6.07) is 15.0. The van der Waals surface area contributed by atoms with Crippen molar-refractivity contribution in [3.8, 4) is 16.2 Å². The van der Waals surface area contributed by atoms with Gasteiger partial charge < -0.3 is 9.52 Å². The van der Waals surface area contributed by atoms with Crippen LogP contribution < -0.4 is 16.5 Å². The summed E-state index contributed by atoms with van der Waals surface area (Å²) in [5.74, 6) is -0.269. The molecule has 3 N–H and O–H groups in total. The summed E-state index contributed by atoms with van der Waals surface area (Å²) < 4.78 is 5.27. The summed E-state index contributed by atoms with van der Waals surface area (Å²) in [5, 5.41) is 10.6. The van der Waals surface area contributed by atoms with Gasteiger partial charge in [0, 0.05) is 23.2 Å². The van der Waals surface area contributed by atoms with E-state index in [1.165, 1.54) is 29.7 Å². The molecular weight excluding hydrogens is 366 g/mol. The lowest BCUT2D eigenvalue weighted by atomic mass is 10.1. The Kier molecular flexibility index (Phi) is 4.31. The van der Waals surface area contributed by atoms with Gasteiger partial charge in [0.1, 0.15) is 11.3 Å². The zero-order chi connectivity index (χ0) is 18.8. The lowest BCUT2D eigenvalue weighted by Gasteiger charge is -2.05. The standard InChI is InChI=1S/C19H13N3O4S/c23-13-7-6-12-8-14(18(25)26-15(12)9-13)16-10-20-19(27-16)22-21-17(24)11-4-2-1-3-5-11/h1-10,23H,(H,20,22)(H,21,24). The Balaban J connectivity index is 1.55. The highest BCUT2D eigenvalue weighted by molar-refractivity contribution is 7.18. The number of anilines is 1. The van der Waals surface area contributed by atoms with Crippen molar-refractivity contribution in [3.63, 3.8) is 0 Å². The maximum absolute atomic E-state index is 12.2. The summed E-state index contributed by atoms with van der Waals surface area (Å²) in [5.41, 5.74) is 5.94. The minimum atomic E-state index is -0.531. The maximum Gasteiger partial charge on any atom is 0.345 e. The zero-order valence-corrected chi connectivity index (χ0v) is 14.6. The Hall–Kier alpha value is -3.65. The number of hydrazine groups is 1. The van der Waals surface area contributed by atoms with Crippen molar-refractivity contribution in [2.45, 2.75) is 0 Å². The number of thiazole rings is 1. The number of hydrogen-bond donors (Lipinski definition) is 3. The molecule has 134 valence electrons. The molecule has 0 fully saturated rings. The van der Waals surface area contributed by atoms with Gasteiger partial charge in [0.2, 0.25) is 5.13 Å². The van der Waals surface area contributed by atoms with Crippen LogP contribution in [0.2, 0.25) is 0 Å². The Bertz CT molecular complexity index is 1180. The van der Waals surface area contributed by atoms with Crippen LogP contribution in [0.3, 0.4) is 0 Å². The van der Waals surface area contributed by atoms with E-state index >= 15 is 0 Å². The molecule has 0 saturated carbocycles. The maximum atomic E-state index is 12.2. The molecule has 2 aromatic heterocycles. The number of carbonyl (C=O) groups excluding carboxylic acids is 1. The largest absolute Gasteiger partial charge is 0.508 e. The molecule has 0 unspecified atom stereocenters. The fourth-order valence-corrected chi connectivity index (χ4v) is 3.27. The van der Waals surface area contributed by atoms with Crippen LogP contribution in [-0.2, 0) is 0 Å². The summed E-state index contributed by atoms with van der Waals surface area (Å²) in [6.45, 7) is 0. The minimum absolute atomic E-state index is 0.0248. The molecule has 7 nitrogen and oxygen atoms in total. The molecule has 0 atom stereocenters. The number of fused-ring (bicyclic) bond motifs is 1. The second-order valence-corrected chi connectivity index (χ2v) is 6.68. The normalized spacial score (nSPS) is 10.7. The van der Waals surface area contributed by atoms with Gasteiger partial charge in [-0.15, -0.1) is 0 Å². The van der Waals surface area contributed by atoms with Crippen molar-refractivity contribution in [2.24, 2.45) is 0 Å². The molecule has 0 bridgehead atoms. The number of benzene rings is 2. The average Bonchev–Trinajstić information content (AvgIpc) is 3.15. The molecule has 0 aliphatic rings. The second-order valence-electron chi connectivity index (χ2n) is 5.64. The van der Waals surface area contributed by atoms with Crippen LogP contribution in [0.25, 0.3) is 21.4 Å². The predicted molar refractivity (Wildman–Crippen MR) is 103 cm³/mol. The SMILES string of the molecule is O=C(NNc1ncc(-c2cc3ccc(O)cc3oc2=O)s1)c1ccccc1. The average molecular weight is 379 g/mol. The van der Waals surface area contributed by atoms with Gasteiger partial charge in [0.15, 0.2) is 0 Å². The van der Waals surface area contributed by atoms with E-state index in [9.17, 15) is 14.7 Å². The Labute approximate surface area is 156 Å². The number of hydrogen-bond acceptors (Lipinski definition) is 7. The van der Waals surface area contributed by atoms with Gasteiger partial charge in [0.05, 0.1) is 10.4 Å². The minimum Gasteiger partial charge on any atom is -0.508 e. The van der Waals surface area contributed by atoms with E-state index in [0.717, 1.165) is 0 Å². The van der Waals surface area contributed by atoms with E-state index in [4.69, 9.17) is 4.42 Å². The number of phenolic OH excluding ortho intramolecular Hbond substituents is 1. The van der Waals surface area contributed by atoms with Crippen molar-refractivity contribution in [3.05, 3.63) is 76.8 Å². The van der Waals surface area contributed by atoms with E-state index in [0.29, 0.717) is 32.1 Å². The fraction of sp³-hybridized carbons (Fsp3) is 0. The molecule has 0 aliphatic carbocycles. The fourth-order valence-electron chi connectivity index (χ4n) is 2.50. The number of carbonyl (C=O) groups is 1. The number of aromatic hydroxyl groups is 1. The molecule has 1 amide bonds. The quantitative estimate of drug-likeness (QED) is 0.371. The number of nitrogens with one attached hydrogen (secondary N) is 2. The molecule has 8 heteroatoms. The molecule has 0 saturated heterocycles. The number of nitrogens with zero attached hydrogens (tertiary/aromatic N) is 1. The monoisotopic (exact) mass is 379 g/mol. The Morgan fingerprint density at radius 2 is 1.93 bits per heavy atom. The second kappa shape index (κ2) is 6.93. The predicted octanol–water partition coefficient (Wildman–Crippen LogP) is 3.38. The molecule has 2 aromatic carbocycles. The highest BCUT2D eigenvalue weighted by Crippen LogP contribution is 2.29. The summed E-state index contributed by atoms with van der Waals surface area (Å²) in [7, 11) is 0. The van der Waals surface area contributed by atoms with Crippen molar-refractivity contribution in [1.82, 2.24) is 10.4 Å². The highest BCUT2D eigenvalue weighted by Gasteiger charge is 2.12. The van der Waals surface area contributed by atoms with E-state index in [1.54, 1.807) is 36.4 Å². The first kappa shape index (κ1) is 16.8. The Morgan fingerprint density at radius 3 is 2.74 bits per heavy atom. The first-order valence-corrected chi connectivity index (χ1v) is 8.76. The zero-order valence-electron chi connectivity index (χ0n) is 13.8. The first-order valence-electron chi connectivity index (χ1n) is 7.94. The highest BCUT2D eigenvalue weighted by atomic mass is 32.1. The first-order chi connectivity index (χ1) is 13.1. The number of phenols is 1. The summed E-state index contributed by atoms with van der Waals surface area (Å²) in [4.78, 5) is 29.0. The van der Waals surface area contributed by atoms with Gasteiger partial charge in [-0.05, 0) is 30.3 Å². The lowest BCUT2D eigenvalue weighted by Crippen LogP contribution is -2.29. The van der Waals surface area contributed by atoms with Crippen molar-refractivity contribution in [2.75, 3.05) is 5.43 Å². The van der Waals surface area contributed by atoms with Crippen molar-refractivity contribution < 1.29 is 14.3 Å². The molecule has 4 rings (SSSR count). The molecular formula is C19H13N3O4S. The van der Waals surface area contributed by atoms with Gasteiger partial charge in [0.25, 0.3) is 5.91 Å².